The number of hydroxylamine groups is 2. The first-order valence-corrected chi connectivity index (χ1v) is 5.16. The highest BCUT2D eigenvalue weighted by atomic mass is 31.2. The molecule has 0 saturated carbocycles. The minimum Gasteiger partial charge on any atom is -0.324 e. The molecule has 0 saturated heterocycles. The summed E-state index contributed by atoms with van der Waals surface area (Å²) in [5.74, 6) is -1.13. The van der Waals surface area contributed by atoms with Crippen molar-refractivity contribution in [1.29, 1.82) is 0 Å². The van der Waals surface area contributed by atoms with Crippen LogP contribution in [-0.4, -0.2) is 45.0 Å². The van der Waals surface area contributed by atoms with Crippen LogP contribution in [0.1, 0.15) is 6.42 Å². The summed E-state index contributed by atoms with van der Waals surface area (Å²) in [5.41, 5.74) is 0. The van der Waals surface area contributed by atoms with Gasteiger partial charge in [-0.05, 0) is 6.42 Å². The number of nitrogens with zero attached hydrogens (tertiary/aromatic N) is 1. The molecule has 0 unspecified atom stereocenters. The summed E-state index contributed by atoms with van der Waals surface area (Å²) in [6.07, 6.45) is -0.589. The highest BCUT2D eigenvalue weighted by molar-refractivity contribution is 7.51. The number of carbonyl (C=O) groups excluding carboxylic acids is 2. The normalized spacial score (nSPS) is 11.0. The fourth-order valence-corrected chi connectivity index (χ4v) is 1.15. The summed E-state index contributed by atoms with van der Waals surface area (Å²) in [6, 6.07) is 0. The van der Waals surface area contributed by atoms with Gasteiger partial charge in [0.05, 0.1) is 6.16 Å². The Morgan fingerprint density at radius 3 is 2.38 bits per heavy atom. The molecule has 0 aromatic rings. The number of hydrogen-bond acceptors (Lipinski definition) is 4. The van der Waals surface area contributed by atoms with Crippen molar-refractivity contribution in [3.63, 3.8) is 0 Å². The lowest BCUT2D eigenvalue weighted by Crippen LogP contribution is -2.29. The van der Waals surface area contributed by atoms with Gasteiger partial charge in [-0.1, -0.05) is 0 Å². The predicted octanol–water partition coefficient (Wildman–Crippen LogP) is -1.03. The van der Waals surface area contributed by atoms with Crippen LogP contribution in [-0.2, 0) is 14.2 Å². The molecule has 0 bridgehead atoms. The molecular formula is C5H10NO6P. The first kappa shape index (κ1) is 12.2. The number of amides is 1. The van der Waals surface area contributed by atoms with Crippen molar-refractivity contribution < 1.29 is 29.1 Å². The maximum atomic E-state index is 10.4. The molecule has 8 heteroatoms. The summed E-state index contributed by atoms with van der Waals surface area (Å²) in [7, 11) is -4.10. The van der Waals surface area contributed by atoms with Crippen molar-refractivity contribution in [2.24, 2.45) is 0 Å². The molecule has 0 aromatic carbocycles. The van der Waals surface area contributed by atoms with Gasteiger partial charge >= 0.3 is 13.5 Å². The Kier molecular flexibility index (Phi) is 4.79. The molecule has 0 fully saturated rings. The summed E-state index contributed by atoms with van der Waals surface area (Å²) < 4.78 is 10.3. The van der Waals surface area contributed by atoms with Crippen molar-refractivity contribution in [2.45, 2.75) is 6.42 Å². The second-order valence-electron chi connectivity index (χ2n) is 2.32. The molecule has 13 heavy (non-hydrogen) atoms. The van der Waals surface area contributed by atoms with E-state index >= 15 is 0 Å². The molecule has 0 aromatic heterocycles. The van der Waals surface area contributed by atoms with Gasteiger partial charge in [-0.15, -0.1) is 0 Å². The summed E-state index contributed by atoms with van der Waals surface area (Å²) in [6.45, 7) is -0.275. The highest BCUT2D eigenvalue weighted by Gasteiger charge is 2.14. The lowest BCUT2D eigenvalue weighted by Gasteiger charge is -2.11. The first-order chi connectivity index (χ1) is 5.87. The van der Waals surface area contributed by atoms with Crippen LogP contribution in [0.4, 0.5) is 0 Å². The minimum absolute atomic E-state index is 0.0691. The fourth-order valence-electron chi connectivity index (χ4n) is 0.597. The zero-order chi connectivity index (χ0) is 10.5. The van der Waals surface area contributed by atoms with E-state index in [-0.39, 0.29) is 24.3 Å². The Morgan fingerprint density at radius 2 is 2.00 bits per heavy atom. The van der Waals surface area contributed by atoms with E-state index in [1.54, 1.807) is 0 Å². The highest BCUT2D eigenvalue weighted by Crippen LogP contribution is 2.34. The molecule has 3 N–H and O–H groups in total. The standard InChI is InChI=1S/C5H10NO6P/c7-4-5(8)6(9)2-1-3-13(10,11)12/h4,9H,1-3H2,(H2,10,11,12). The SMILES string of the molecule is O=CC(=O)N(O)CCCP(=O)(O)O. The van der Waals surface area contributed by atoms with Crippen LogP contribution in [0, 0.1) is 0 Å². The molecule has 0 atom stereocenters. The fraction of sp³-hybridized carbons (Fsp3) is 0.600. The third-order valence-electron chi connectivity index (χ3n) is 1.17. The maximum absolute atomic E-state index is 10.4. The van der Waals surface area contributed by atoms with Crippen LogP contribution in [0.3, 0.4) is 0 Å². The van der Waals surface area contributed by atoms with Crippen molar-refractivity contribution in [3.05, 3.63) is 0 Å². The van der Waals surface area contributed by atoms with Crippen molar-refractivity contribution in [1.82, 2.24) is 5.06 Å². The zero-order valence-corrected chi connectivity index (χ0v) is 7.55. The first-order valence-electron chi connectivity index (χ1n) is 3.37. The third-order valence-corrected chi connectivity index (χ3v) is 2.07. The van der Waals surface area contributed by atoms with E-state index in [1.807, 2.05) is 0 Å². The second kappa shape index (κ2) is 5.08. The van der Waals surface area contributed by atoms with Gasteiger partial charge in [0, 0.05) is 6.54 Å². The zero-order valence-electron chi connectivity index (χ0n) is 6.66. The molecule has 7 nitrogen and oxygen atoms in total. The Hall–Kier alpha value is -0.750. The predicted molar refractivity (Wildman–Crippen MR) is 41.1 cm³/mol. The van der Waals surface area contributed by atoms with Gasteiger partial charge in [0.2, 0.25) is 6.29 Å². The topological polar surface area (TPSA) is 115 Å². The monoisotopic (exact) mass is 211 g/mol. The van der Waals surface area contributed by atoms with Gasteiger partial charge in [-0.3, -0.25) is 19.4 Å². The lowest BCUT2D eigenvalue weighted by atomic mass is 10.4. The Labute approximate surface area is 74.1 Å². The van der Waals surface area contributed by atoms with Crippen molar-refractivity contribution in [2.75, 3.05) is 12.7 Å². The van der Waals surface area contributed by atoms with E-state index < -0.39 is 19.7 Å². The Bertz CT molecular complexity index is 235. The Balaban J connectivity index is 3.72. The maximum Gasteiger partial charge on any atom is 0.325 e. The third kappa shape index (κ3) is 6.41. The molecule has 0 spiro atoms. The van der Waals surface area contributed by atoms with Crippen molar-refractivity contribution >= 4 is 19.8 Å². The van der Waals surface area contributed by atoms with Gasteiger partial charge in [0.25, 0.3) is 0 Å². The summed E-state index contributed by atoms with van der Waals surface area (Å²) in [4.78, 5) is 36.9. The van der Waals surface area contributed by atoms with Crippen LogP contribution in [0.5, 0.6) is 0 Å². The molecule has 76 valence electrons. The summed E-state index contributed by atoms with van der Waals surface area (Å²) in [5, 5.41) is 8.83. The number of hydrogen-bond donors (Lipinski definition) is 3. The van der Waals surface area contributed by atoms with Gasteiger partial charge in [0.15, 0.2) is 0 Å². The molecular weight excluding hydrogens is 201 g/mol. The van der Waals surface area contributed by atoms with Gasteiger partial charge in [-0.25, -0.2) is 5.06 Å². The molecule has 0 heterocycles. The largest absolute Gasteiger partial charge is 0.325 e. The van der Waals surface area contributed by atoms with Crippen molar-refractivity contribution in [3.8, 4) is 0 Å². The van der Waals surface area contributed by atoms with Crippen LogP contribution in [0.25, 0.3) is 0 Å². The molecule has 1 amide bonds. The molecule has 0 aliphatic carbocycles. The molecule has 0 aliphatic heterocycles. The van der Waals surface area contributed by atoms with Gasteiger partial charge in [0.1, 0.15) is 0 Å². The summed E-state index contributed by atoms with van der Waals surface area (Å²) >= 11 is 0. The number of carbonyl (C=O) groups is 2. The molecule has 0 radical (unpaired) electrons. The average molecular weight is 211 g/mol. The molecule has 0 rings (SSSR count). The average Bonchev–Trinajstić information content (AvgIpc) is 2.00. The van der Waals surface area contributed by atoms with E-state index in [9.17, 15) is 14.2 Å². The van der Waals surface area contributed by atoms with Gasteiger partial charge < -0.3 is 9.79 Å². The number of aldehydes is 1. The van der Waals surface area contributed by atoms with Crippen LogP contribution >= 0.6 is 7.60 Å². The Morgan fingerprint density at radius 1 is 1.46 bits per heavy atom. The van der Waals surface area contributed by atoms with Crippen LogP contribution in [0.15, 0.2) is 0 Å². The van der Waals surface area contributed by atoms with Gasteiger partial charge in [-0.2, -0.15) is 0 Å². The van der Waals surface area contributed by atoms with E-state index in [1.165, 1.54) is 0 Å². The van der Waals surface area contributed by atoms with E-state index in [0.29, 0.717) is 0 Å². The quantitative estimate of drug-likeness (QED) is 0.176. The van der Waals surface area contributed by atoms with Crippen LogP contribution in [0.2, 0.25) is 0 Å². The molecule has 0 aliphatic rings. The van der Waals surface area contributed by atoms with E-state index in [2.05, 4.69) is 0 Å². The van der Waals surface area contributed by atoms with Crippen LogP contribution < -0.4 is 0 Å². The smallest absolute Gasteiger partial charge is 0.324 e. The minimum atomic E-state index is -4.10. The number of rotatable bonds is 5. The van der Waals surface area contributed by atoms with E-state index in [0.717, 1.165) is 0 Å². The van der Waals surface area contributed by atoms with E-state index in [4.69, 9.17) is 15.0 Å². The second-order valence-corrected chi connectivity index (χ2v) is 4.10. The lowest BCUT2D eigenvalue weighted by molar-refractivity contribution is -0.166.